The summed E-state index contributed by atoms with van der Waals surface area (Å²) in [5, 5.41) is 0. The summed E-state index contributed by atoms with van der Waals surface area (Å²) in [6, 6.07) is 20.9. The number of nitrogens with two attached hydrogens (primary N) is 1. The zero-order valence-corrected chi connectivity index (χ0v) is 19.4. The second kappa shape index (κ2) is 9.93. The number of imidazole rings is 1. The van der Waals surface area contributed by atoms with Gasteiger partial charge in [0.05, 0.1) is 12.0 Å². The van der Waals surface area contributed by atoms with Gasteiger partial charge in [-0.05, 0) is 54.8 Å². The SMILES string of the molecule is NC(=O)c1cccc(-c2cccc([C@H]3CCCN(C(=O)c4cccc(Cn5ccnc5)c4)C3)n2)c1. The van der Waals surface area contributed by atoms with Gasteiger partial charge in [-0.15, -0.1) is 0 Å². The van der Waals surface area contributed by atoms with Gasteiger partial charge in [-0.3, -0.25) is 14.6 Å². The molecule has 0 unspecified atom stereocenters. The molecular weight excluding hydrogens is 438 g/mol. The number of piperidine rings is 1. The van der Waals surface area contributed by atoms with Crippen LogP contribution in [-0.2, 0) is 6.54 Å². The summed E-state index contributed by atoms with van der Waals surface area (Å²) in [5.74, 6) is -0.257. The van der Waals surface area contributed by atoms with Crippen LogP contribution >= 0.6 is 0 Å². The number of aromatic nitrogens is 3. The van der Waals surface area contributed by atoms with E-state index in [9.17, 15) is 9.59 Å². The van der Waals surface area contributed by atoms with Crippen LogP contribution in [0.1, 0.15) is 50.7 Å². The number of carbonyl (C=O) groups excluding carboxylic acids is 2. The fraction of sp³-hybridized carbons (Fsp3) is 0.214. The number of amides is 2. The highest BCUT2D eigenvalue weighted by Crippen LogP contribution is 2.29. The van der Waals surface area contributed by atoms with Gasteiger partial charge in [-0.2, -0.15) is 0 Å². The molecule has 0 radical (unpaired) electrons. The van der Waals surface area contributed by atoms with Crippen LogP contribution in [0.5, 0.6) is 0 Å². The molecule has 2 aromatic carbocycles. The normalized spacial score (nSPS) is 15.7. The fourth-order valence-corrected chi connectivity index (χ4v) is 4.65. The second-order valence-electron chi connectivity index (χ2n) is 8.92. The second-order valence-corrected chi connectivity index (χ2v) is 8.92. The molecule has 1 atom stereocenters. The van der Waals surface area contributed by atoms with Gasteiger partial charge < -0.3 is 15.2 Å². The Labute approximate surface area is 204 Å². The summed E-state index contributed by atoms with van der Waals surface area (Å²) >= 11 is 0. The lowest BCUT2D eigenvalue weighted by Crippen LogP contribution is -2.39. The molecule has 3 heterocycles. The summed E-state index contributed by atoms with van der Waals surface area (Å²) in [6.07, 6.45) is 7.33. The van der Waals surface area contributed by atoms with Crippen LogP contribution in [0, 0.1) is 0 Å². The van der Waals surface area contributed by atoms with E-state index in [-0.39, 0.29) is 11.8 Å². The summed E-state index contributed by atoms with van der Waals surface area (Å²) in [7, 11) is 0. The van der Waals surface area contributed by atoms with E-state index >= 15 is 0 Å². The highest BCUT2D eigenvalue weighted by Gasteiger charge is 2.26. The fourth-order valence-electron chi connectivity index (χ4n) is 4.65. The number of hydrogen-bond acceptors (Lipinski definition) is 4. The molecular formula is C28H27N5O2. The lowest BCUT2D eigenvalue weighted by molar-refractivity contribution is 0.0705. The van der Waals surface area contributed by atoms with Gasteiger partial charge >= 0.3 is 0 Å². The van der Waals surface area contributed by atoms with Crippen molar-refractivity contribution in [3.63, 3.8) is 0 Å². The summed E-state index contributed by atoms with van der Waals surface area (Å²) in [5.41, 5.74) is 10.3. The van der Waals surface area contributed by atoms with Crippen LogP contribution in [0.2, 0.25) is 0 Å². The van der Waals surface area contributed by atoms with E-state index in [1.807, 2.05) is 70.3 Å². The first-order chi connectivity index (χ1) is 17.1. The number of carbonyl (C=O) groups is 2. The van der Waals surface area contributed by atoms with E-state index < -0.39 is 5.91 Å². The average molecular weight is 466 g/mol. The predicted molar refractivity (Wildman–Crippen MR) is 134 cm³/mol. The van der Waals surface area contributed by atoms with Crippen molar-refractivity contribution in [2.75, 3.05) is 13.1 Å². The van der Waals surface area contributed by atoms with E-state index in [0.717, 1.165) is 41.9 Å². The number of nitrogens with zero attached hydrogens (tertiary/aromatic N) is 4. The van der Waals surface area contributed by atoms with Crippen LogP contribution < -0.4 is 5.73 Å². The largest absolute Gasteiger partial charge is 0.366 e. The monoisotopic (exact) mass is 465 g/mol. The molecule has 0 bridgehead atoms. The number of pyridine rings is 1. The standard InChI is InChI=1S/C28H27N5O2/c29-27(34)22-7-2-6-21(16-22)25-10-3-11-26(31-25)24-9-4-13-33(18-24)28(35)23-8-1-5-20(15-23)17-32-14-12-30-19-32/h1-3,5-8,10-12,14-16,19,24H,4,9,13,17-18H2,(H2,29,34)/t24-/m0/s1. The highest BCUT2D eigenvalue weighted by atomic mass is 16.2. The van der Waals surface area contributed by atoms with E-state index in [1.165, 1.54) is 0 Å². The summed E-state index contributed by atoms with van der Waals surface area (Å²) < 4.78 is 1.98. The Bertz CT molecular complexity index is 1350. The maximum absolute atomic E-state index is 13.4. The van der Waals surface area contributed by atoms with Gasteiger partial charge in [0.2, 0.25) is 5.91 Å². The lowest BCUT2D eigenvalue weighted by Gasteiger charge is -2.33. The lowest BCUT2D eigenvalue weighted by atomic mass is 9.93. The van der Waals surface area contributed by atoms with Crippen LogP contribution in [-0.4, -0.2) is 44.3 Å². The van der Waals surface area contributed by atoms with Crippen molar-refractivity contribution in [3.05, 3.63) is 108 Å². The van der Waals surface area contributed by atoms with Gasteiger partial charge in [0.1, 0.15) is 0 Å². The summed E-state index contributed by atoms with van der Waals surface area (Å²) in [6.45, 7) is 2.04. The van der Waals surface area contributed by atoms with Gasteiger partial charge in [0.25, 0.3) is 5.91 Å². The Balaban J connectivity index is 1.32. The third-order valence-electron chi connectivity index (χ3n) is 6.44. The first-order valence-corrected chi connectivity index (χ1v) is 11.8. The third-order valence-corrected chi connectivity index (χ3v) is 6.44. The van der Waals surface area contributed by atoms with Crippen LogP contribution in [0.25, 0.3) is 11.3 Å². The van der Waals surface area contributed by atoms with Crippen molar-refractivity contribution in [2.45, 2.75) is 25.3 Å². The number of primary amides is 1. The van der Waals surface area contributed by atoms with E-state index in [4.69, 9.17) is 10.7 Å². The molecule has 1 aliphatic heterocycles. The van der Waals surface area contributed by atoms with Crippen molar-refractivity contribution in [1.82, 2.24) is 19.4 Å². The van der Waals surface area contributed by atoms with Gasteiger partial charge in [-0.25, -0.2) is 4.98 Å². The quantitative estimate of drug-likeness (QED) is 0.464. The Morgan fingerprint density at radius 1 is 1.00 bits per heavy atom. The molecule has 5 rings (SSSR count). The topological polar surface area (TPSA) is 94.1 Å². The molecule has 2 amide bonds. The van der Waals surface area contributed by atoms with Gasteiger partial charge in [0.15, 0.2) is 0 Å². The number of hydrogen-bond donors (Lipinski definition) is 1. The molecule has 7 heteroatoms. The Kier molecular flexibility index (Phi) is 6.39. The van der Waals surface area contributed by atoms with Crippen molar-refractivity contribution < 1.29 is 9.59 Å². The van der Waals surface area contributed by atoms with Crippen LogP contribution in [0.15, 0.2) is 85.5 Å². The molecule has 1 fully saturated rings. The zero-order valence-electron chi connectivity index (χ0n) is 19.4. The molecule has 4 aromatic rings. The van der Waals surface area contributed by atoms with Crippen molar-refractivity contribution in [2.24, 2.45) is 5.73 Å². The summed E-state index contributed by atoms with van der Waals surface area (Å²) in [4.78, 5) is 35.9. The molecule has 0 aliphatic carbocycles. The minimum Gasteiger partial charge on any atom is -0.366 e. The first kappa shape index (κ1) is 22.5. The predicted octanol–water partition coefficient (Wildman–Crippen LogP) is 4.11. The molecule has 0 saturated carbocycles. The van der Waals surface area contributed by atoms with Gasteiger partial charge in [0, 0.05) is 60.3 Å². The van der Waals surface area contributed by atoms with Crippen molar-refractivity contribution in [3.8, 4) is 11.3 Å². The molecule has 176 valence electrons. The van der Waals surface area contributed by atoms with Crippen molar-refractivity contribution >= 4 is 11.8 Å². The van der Waals surface area contributed by atoms with E-state index in [0.29, 0.717) is 24.2 Å². The Morgan fingerprint density at radius 2 is 1.83 bits per heavy atom. The Morgan fingerprint density at radius 3 is 2.66 bits per heavy atom. The first-order valence-electron chi connectivity index (χ1n) is 11.8. The van der Waals surface area contributed by atoms with Crippen LogP contribution in [0.3, 0.4) is 0 Å². The number of rotatable bonds is 6. The maximum Gasteiger partial charge on any atom is 0.253 e. The zero-order chi connectivity index (χ0) is 24.2. The average Bonchev–Trinajstić information content (AvgIpc) is 3.42. The van der Waals surface area contributed by atoms with E-state index in [2.05, 4.69) is 4.98 Å². The van der Waals surface area contributed by atoms with E-state index in [1.54, 1.807) is 24.7 Å². The smallest absolute Gasteiger partial charge is 0.253 e. The molecule has 35 heavy (non-hydrogen) atoms. The number of likely N-dealkylation sites (tertiary alicyclic amines) is 1. The molecule has 1 aliphatic rings. The minimum absolute atomic E-state index is 0.0486. The minimum atomic E-state index is -0.460. The highest BCUT2D eigenvalue weighted by molar-refractivity contribution is 5.95. The maximum atomic E-state index is 13.4. The Hall–Kier alpha value is -4.26. The molecule has 0 spiro atoms. The van der Waals surface area contributed by atoms with Gasteiger partial charge in [-0.1, -0.05) is 30.3 Å². The molecule has 7 nitrogen and oxygen atoms in total. The molecule has 2 N–H and O–H groups in total. The third kappa shape index (κ3) is 5.14. The van der Waals surface area contributed by atoms with Crippen molar-refractivity contribution in [1.29, 1.82) is 0 Å². The number of benzene rings is 2. The van der Waals surface area contributed by atoms with Crippen LogP contribution in [0.4, 0.5) is 0 Å². The molecule has 1 saturated heterocycles. The molecule has 2 aromatic heterocycles.